The molecule has 2 aromatic carbocycles. The summed E-state index contributed by atoms with van der Waals surface area (Å²) in [6, 6.07) is 17.7. The molecule has 0 aliphatic carbocycles. The molecule has 0 atom stereocenters. The Bertz CT molecular complexity index is 1170. The van der Waals surface area contributed by atoms with Gasteiger partial charge in [-0.25, -0.2) is 4.99 Å². The van der Waals surface area contributed by atoms with Gasteiger partial charge in [0.2, 0.25) is 0 Å². The topological polar surface area (TPSA) is 54.8 Å². The Kier molecular flexibility index (Phi) is 6.93. The number of hydrogen-bond acceptors (Lipinski definition) is 5. The zero-order valence-corrected chi connectivity index (χ0v) is 19.4. The van der Waals surface area contributed by atoms with Crippen LogP contribution in [0.1, 0.15) is 23.6 Å². The number of hydrogen-bond donors (Lipinski definition) is 0. The van der Waals surface area contributed by atoms with Gasteiger partial charge in [0.1, 0.15) is 12.4 Å². The van der Waals surface area contributed by atoms with Gasteiger partial charge in [-0.3, -0.25) is 14.7 Å². The fourth-order valence-corrected chi connectivity index (χ4v) is 4.31. The smallest absolute Gasteiger partial charge is 0.266 e. The number of benzene rings is 2. The van der Waals surface area contributed by atoms with E-state index in [1.807, 2.05) is 37.3 Å². The van der Waals surface area contributed by atoms with Crippen LogP contribution < -0.4 is 4.74 Å². The molecule has 1 aliphatic rings. The fourth-order valence-electron chi connectivity index (χ4n) is 3.09. The summed E-state index contributed by atoms with van der Waals surface area (Å²) in [4.78, 5) is 23.7. The summed E-state index contributed by atoms with van der Waals surface area (Å²) >= 11 is 7.51. The number of nitrogens with zero attached hydrogens (tertiary/aromatic N) is 3. The second-order valence-corrected chi connectivity index (χ2v) is 8.64. The van der Waals surface area contributed by atoms with Gasteiger partial charge in [0, 0.05) is 18.9 Å². The van der Waals surface area contributed by atoms with Crippen molar-refractivity contribution in [2.24, 2.45) is 4.99 Å². The van der Waals surface area contributed by atoms with Crippen molar-refractivity contribution in [1.82, 2.24) is 9.88 Å². The number of carbonyl (C=O) groups is 1. The van der Waals surface area contributed by atoms with E-state index in [-0.39, 0.29) is 5.91 Å². The SMILES string of the molecule is CCN1C(=O)/C(=C/c2ccc(OCc3ccc(C)cc3)cc2)SC1=Nc1ccncc1Cl. The predicted octanol–water partition coefficient (Wildman–Crippen LogP) is 6.25. The number of carbonyl (C=O) groups excluding carboxylic acids is 1. The van der Waals surface area contributed by atoms with Crippen molar-refractivity contribution in [2.45, 2.75) is 20.5 Å². The maximum atomic E-state index is 12.9. The van der Waals surface area contributed by atoms with E-state index in [1.165, 1.54) is 23.5 Å². The lowest BCUT2D eigenvalue weighted by molar-refractivity contribution is -0.122. The maximum absolute atomic E-state index is 12.9. The zero-order valence-electron chi connectivity index (χ0n) is 17.8. The van der Waals surface area contributed by atoms with E-state index in [0.29, 0.717) is 33.9 Å². The van der Waals surface area contributed by atoms with Gasteiger partial charge in [0.25, 0.3) is 5.91 Å². The second kappa shape index (κ2) is 10.0. The highest BCUT2D eigenvalue weighted by Crippen LogP contribution is 2.35. The minimum absolute atomic E-state index is 0.0684. The average Bonchev–Trinajstić information content (AvgIpc) is 3.09. The summed E-state index contributed by atoms with van der Waals surface area (Å²) in [5, 5.41) is 1.05. The van der Waals surface area contributed by atoms with Gasteiger partial charge in [-0.2, -0.15) is 0 Å². The molecule has 0 unspecified atom stereocenters. The van der Waals surface area contributed by atoms with Crippen LogP contribution in [0.25, 0.3) is 6.08 Å². The number of aryl methyl sites for hydroxylation is 1. The van der Waals surface area contributed by atoms with E-state index >= 15 is 0 Å². The van der Waals surface area contributed by atoms with Crippen molar-refractivity contribution in [2.75, 3.05) is 6.54 Å². The number of rotatable bonds is 6. The first kappa shape index (κ1) is 22.1. The van der Waals surface area contributed by atoms with Crippen LogP contribution in [0, 0.1) is 6.92 Å². The second-order valence-electron chi connectivity index (χ2n) is 7.22. The number of likely N-dealkylation sites (N-methyl/N-ethyl adjacent to an activating group) is 1. The summed E-state index contributed by atoms with van der Waals surface area (Å²) in [6.07, 6.45) is 5.04. The van der Waals surface area contributed by atoms with Gasteiger partial charge in [-0.15, -0.1) is 0 Å². The predicted molar refractivity (Wildman–Crippen MR) is 131 cm³/mol. The van der Waals surface area contributed by atoms with Gasteiger partial charge in [0.15, 0.2) is 5.17 Å². The fraction of sp³-hybridized carbons (Fsp3) is 0.160. The van der Waals surface area contributed by atoms with Crippen molar-refractivity contribution in [3.8, 4) is 5.75 Å². The van der Waals surface area contributed by atoms with Gasteiger partial charge < -0.3 is 4.74 Å². The first-order chi connectivity index (χ1) is 15.5. The molecule has 0 radical (unpaired) electrons. The summed E-state index contributed by atoms with van der Waals surface area (Å²) in [7, 11) is 0. The summed E-state index contributed by atoms with van der Waals surface area (Å²) < 4.78 is 5.87. The molecular weight excluding hydrogens is 442 g/mol. The molecule has 0 N–H and O–H groups in total. The minimum atomic E-state index is -0.0684. The Morgan fingerprint density at radius 3 is 2.56 bits per heavy atom. The van der Waals surface area contributed by atoms with E-state index in [0.717, 1.165) is 16.9 Å². The van der Waals surface area contributed by atoms with Gasteiger partial charge in [-0.05, 0) is 61.0 Å². The number of aromatic nitrogens is 1. The number of amidine groups is 1. The quantitative estimate of drug-likeness (QED) is 0.405. The van der Waals surface area contributed by atoms with Crippen molar-refractivity contribution in [1.29, 1.82) is 0 Å². The highest BCUT2D eigenvalue weighted by Gasteiger charge is 2.32. The Hall–Kier alpha value is -3.09. The van der Waals surface area contributed by atoms with E-state index < -0.39 is 0 Å². The third-order valence-electron chi connectivity index (χ3n) is 4.88. The lowest BCUT2D eigenvalue weighted by atomic mass is 10.1. The molecular formula is C25H22ClN3O2S. The Labute approximate surface area is 196 Å². The molecule has 3 aromatic rings. The molecule has 1 amide bonds. The molecule has 1 saturated heterocycles. The van der Waals surface area contributed by atoms with Crippen molar-refractivity contribution >= 4 is 46.2 Å². The third-order valence-corrected chi connectivity index (χ3v) is 6.17. The van der Waals surface area contributed by atoms with Crippen LogP contribution in [0.15, 0.2) is 76.9 Å². The number of aliphatic imine (C=N–C) groups is 1. The van der Waals surface area contributed by atoms with Crippen LogP contribution in [0.5, 0.6) is 5.75 Å². The number of ether oxygens (including phenoxy) is 1. The standard InChI is InChI=1S/C25H22ClN3O2S/c1-3-29-24(30)23(32-25(29)28-22-12-13-27-15-21(22)26)14-18-8-10-20(11-9-18)31-16-19-6-4-17(2)5-7-19/h4-15H,3,16H2,1-2H3/b23-14-,28-25?. The number of thioether (sulfide) groups is 1. The maximum Gasteiger partial charge on any atom is 0.266 e. The molecule has 0 spiro atoms. The van der Waals surface area contributed by atoms with Crippen LogP contribution >= 0.6 is 23.4 Å². The molecule has 4 rings (SSSR count). The van der Waals surface area contributed by atoms with Crippen LogP contribution in [-0.2, 0) is 11.4 Å². The molecule has 1 aromatic heterocycles. The van der Waals surface area contributed by atoms with Crippen molar-refractivity contribution in [3.63, 3.8) is 0 Å². The summed E-state index contributed by atoms with van der Waals surface area (Å²) in [5.41, 5.74) is 3.86. The van der Waals surface area contributed by atoms with E-state index in [4.69, 9.17) is 16.3 Å². The number of amides is 1. The van der Waals surface area contributed by atoms with E-state index in [1.54, 1.807) is 17.2 Å². The molecule has 0 bridgehead atoms. The molecule has 1 aliphatic heterocycles. The Morgan fingerprint density at radius 2 is 1.88 bits per heavy atom. The van der Waals surface area contributed by atoms with E-state index in [9.17, 15) is 4.79 Å². The van der Waals surface area contributed by atoms with Crippen LogP contribution in [0.3, 0.4) is 0 Å². The molecule has 2 heterocycles. The molecule has 7 heteroatoms. The molecule has 1 fully saturated rings. The highest BCUT2D eigenvalue weighted by atomic mass is 35.5. The monoisotopic (exact) mass is 463 g/mol. The molecule has 32 heavy (non-hydrogen) atoms. The molecule has 5 nitrogen and oxygen atoms in total. The lowest BCUT2D eigenvalue weighted by Gasteiger charge is -2.12. The zero-order chi connectivity index (χ0) is 22.5. The number of pyridine rings is 1. The third kappa shape index (κ3) is 5.21. The van der Waals surface area contributed by atoms with Crippen LogP contribution in [-0.4, -0.2) is 27.5 Å². The van der Waals surface area contributed by atoms with Crippen molar-refractivity contribution in [3.05, 3.63) is 93.6 Å². The first-order valence-corrected chi connectivity index (χ1v) is 11.4. The normalized spacial score (nSPS) is 16.2. The number of halogens is 1. The highest BCUT2D eigenvalue weighted by molar-refractivity contribution is 8.18. The van der Waals surface area contributed by atoms with Gasteiger partial charge >= 0.3 is 0 Å². The van der Waals surface area contributed by atoms with Gasteiger partial charge in [-0.1, -0.05) is 53.6 Å². The lowest BCUT2D eigenvalue weighted by Crippen LogP contribution is -2.28. The van der Waals surface area contributed by atoms with Crippen molar-refractivity contribution < 1.29 is 9.53 Å². The first-order valence-electron chi connectivity index (χ1n) is 10.2. The molecule has 0 saturated carbocycles. The Morgan fingerprint density at radius 1 is 1.12 bits per heavy atom. The van der Waals surface area contributed by atoms with Gasteiger partial charge in [0.05, 0.1) is 15.6 Å². The van der Waals surface area contributed by atoms with Crippen LogP contribution in [0.4, 0.5) is 5.69 Å². The Balaban J connectivity index is 1.47. The molecule has 162 valence electrons. The summed E-state index contributed by atoms with van der Waals surface area (Å²) in [6.45, 7) is 5.02. The minimum Gasteiger partial charge on any atom is -0.489 e. The van der Waals surface area contributed by atoms with Crippen LogP contribution in [0.2, 0.25) is 5.02 Å². The summed E-state index contributed by atoms with van der Waals surface area (Å²) in [5.74, 6) is 0.712. The largest absolute Gasteiger partial charge is 0.489 e. The van der Waals surface area contributed by atoms with E-state index in [2.05, 4.69) is 41.2 Å². The average molecular weight is 464 g/mol.